The molecule has 30 heavy (non-hydrogen) atoms. The smallest absolute Gasteiger partial charge is 0.368 e. The van der Waals surface area contributed by atoms with Crippen LogP contribution in [0.2, 0.25) is 0 Å². The first-order chi connectivity index (χ1) is 14.4. The van der Waals surface area contributed by atoms with Crippen LogP contribution in [0.25, 0.3) is 0 Å². The van der Waals surface area contributed by atoms with Gasteiger partial charge in [0.2, 0.25) is 0 Å². The van der Waals surface area contributed by atoms with E-state index < -0.39 is 11.7 Å². The van der Waals surface area contributed by atoms with Crippen LogP contribution in [0.1, 0.15) is 31.9 Å². The third kappa shape index (κ3) is 5.43. The number of nitrogens with zero attached hydrogens (tertiary/aromatic N) is 5. The molecule has 0 aliphatic carbocycles. The summed E-state index contributed by atoms with van der Waals surface area (Å²) < 4.78 is 41.4. The molecule has 0 spiro atoms. The van der Waals surface area contributed by atoms with Crippen LogP contribution in [0, 0.1) is 5.92 Å². The molecule has 1 saturated heterocycles. The van der Waals surface area contributed by atoms with E-state index in [1.807, 2.05) is 19.4 Å². The molecule has 3 rings (SSSR count). The number of anilines is 1. The normalized spacial score (nSPS) is 20.3. The van der Waals surface area contributed by atoms with Crippen molar-refractivity contribution in [1.29, 1.82) is 0 Å². The summed E-state index contributed by atoms with van der Waals surface area (Å²) >= 11 is 0. The molecule has 0 saturated carbocycles. The number of aliphatic imine (C=N–C) groups is 1. The summed E-state index contributed by atoms with van der Waals surface area (Å²) in [5, 5.41) is 6.06. The molecular weight excluding hydrogens is 395 g/mol. The Morgan fingerprint density at radius 2 is 2.17 bits per heavy atom. The number of hydrogen-bond donors (Lipinski definition) is 2. The number of alkyl halides is 3. The van der Waals surface area contributed by atoms with E-state index in [1.165, 1.54) is 12.3 Å². The maximum atomic E-state index is 13.1. The van der Waals surface area contributed by atoms with Gasteiger partial charge < -0.3 is 20.1 Å². The topological polar surface area (TPSA) is 70.4 Å². The van der Waals surface area contributed by atoms with Gasteiger partial charge in [0.05, 0.1) is 24.5 Å². The van der Waals surface area contributed by atoms with Crippen LogP contribution in [0.5, 0.6) is 0 Å². The van der Waals surface area contributed by atoms with Crippen LogP contribution in [-0.2, 0) is 6.18 Å². The number of hydrogen-bond acceptors (Lipinski definition) is 4. The summed E-state index contributed by atoms with van der Waals surface area (Å²) in [6, 6.07) is 2.60. The molecule has 1 fully saturated rings. The number of guanidine groups is 1. The molecule has 1 aliphatic rings. The summed E-state index contributed by atoms with van der Waals surface area (Å²) in [4.78, 5) is 14.8. The molecule has 0 aromatic carbocycles. The van der Waals surface area contributed by atoms with Gasteiger partial charge in [-0.1, -0.05) is 6.92 Å². The molecule has 2 atom stereocenters. The molecule has 2 aromatic rings. The van der Waals surface area contributed by atoms with Crippen molar-refractivity contribution in [2.75, 3.05) is 38.0 Å². The van der Waals surface area contributed by atoms with E-state index in [2.05, 4.69) is 42.0 Å². The van der Waals surface area contributed by atoms with Crippen LogP contribution in [0.15, 0.2) is 42.0 Å². The average Bonchev–Trinajstić information content (AvgIpc) is 3.25. The zero-order valence-corrected chi connectivity index (χ0v) is 17.2. The van der Waals surface area contributed by atoms with E-state index in [1.54, 1.807) is 6.20 Å². The standard InChI is InChI=1S/C20H28F3N7/c1-3-25-19(29-11-6-15(2)17(13-29)30-12-10-24-14-30)28-9-8-27-18-16(20(21,22)23)5-4-7-26-18/h4-5,7,10,12,14-15,17H,3,6,8-9,11,13H2,1-2H3,(H,25,28)(H,26,27). The second kappa shape index (κ2) is 9.82. The summed E-state index contributed by atoms with van der Waals surface area (Å²) in [7, 11) is 0. The minimum absolute atomic E-state index is 0.169. The molecule has 2 unspecified atom stereocenters. The predicted molar refractivity (Wildman–Crippen MR) is 110 cm³/mol. The van der Waals surface area contributed by atoms with Crippen LogP contribution in [0.3, 0.4) is 0 Å². The van der Waals surface area contributed by atoms with E-state index >= 15 is 0 Å². The highest BCUT2D eigenvalue weighted by Gasteiger charge is 2.34. The number of likely N-dealkylation sites (tertiary alicyclic amines) is 1. The van der Waals surface area contributed by atoms with Gasteiger partial charge in [-0.3, -0.25) is 4.99 Å². The van der Waals surface area contributed by atoms with Gasteiger partial charge in [0, 0.05) is 44.8 Å². The Bertz CT molecular complexity index is 820. The Morgan fingerprint density at radius 3 is 2.87 bits per heavy atom. The largest absolute Gasteiger partial charge is 0.419 e. The van der Waals surface area contributed by atoms with Crippen LogP contribution < -0.4 is 10.6 Å². The third-order valence-corrected chi connectivity index (χ3v) is 5.24. The van der Waals surface area contributed by atoms with Gasteiger partial charge in [0.1, 0.15) is 5.82 Å². The van der Waals surface area contributed by atoms with Crippen molar-refractivity contribution >= 4 is 11.8 Å². The van der Waals surface area contributed by atoms with Crippen molar-refractivity contribution in [2.24, 2.45) is 10.9 Å². The number of imidazole rings is 1. The average molecular weight is 423 g/mol. The Kier molecular flexibility index (Phi) is 7.17. The fourth-order valence-corrected chi connectivity index (χ4v) is 3.63. The van der Waals surface area contributed by atoms with Crippen molar-refractivity contribution in [3.63, 3.8) is 0 Å². The Labute approximate surface area is 174 Å². The monoisotopic (exact) mass is 423 g/mol. The van der Waals surface area contributed by atoms with E-state index in [-0.39, 0.29) is 12.4 Å². The zero-order valence-electron chi connectivity index (χ0n) is 17.2. The number of rotatable bonds is 6. The fraction of sp³-hybridized carbons (Fsp3) is 0.550. The summed E-state index contributed by atoms with van der Waals surface area (Å²) in [6.07, 6.45) is 3.52. The Balaban J connectivity index is 1.63. The first-order valence-corrected chi connectivity index (χ1v) is 10.2. The van der Waals surface area contributed by atoms with E-state index in [4.69, 9.17) is 0 Å². The molecule has 3 heterocycles. The fourth-order valence-electron chi connectivity index (χ4n) is 3.63. The number of piperidine rings is 1. The molecule has 7 nitrogen and oxygen atoms in total. The van der Waals surface area contributed by atoms with Gasteiger partial charge in [-0.2, -0.15) is 13.2 Å². The van der Waals surface area contributed by atoms with Gasteiger partial charge >= 0.3 is 6.18 Å². The zero-order chi connectivity index (χ0) is 21.6. The van der Waals surface area contributed by atoms with Gasteiger partial charge in [-0.15, -0.1) is 0 Å². The van der Waals surface area contributed by atoms with Gasteiger partial charge in [0.25, 0.3) is 0 Å². The maximum Gasteiger partial charge on any atom is 0.419 e. The second-order valence-electron chi connectivity index (χ2n) is 7.35. The highest BCUT2D eigenvalue weighted by molar-refractivity contribution is 5.80. The number of nitrogens with one attached hydrogen (secondary N) is 2. The summed E-state index contributed by atoms with van der Waals surface area (Å²) in [5.74, 6) is 1.12. The number of halogens is 3. The van der Waals surface area contributed by atoms with E-state index in [0.717, 1.165) is 31.5 Å². The molecule has 0 radical (unpaired) electrons. The lowest BCUT2D eigenvalue weighted by atomic mass is 9.93. The molecular formula is C20H28F3N7. The first-order valence-electron chi connectivity index (χ1n) is 10.2. The van der Waals surface area contributed by atoms with Gasteiger partial charge in [-0.05, 0) is 31.4 Å². The summed E-state index contributed by atoms with van der Waals surface area (Å²) in [6.45, 7) is 7.21. The molecule has 2 N–H and O–H groups in total. The minimum Gasteiger partial charge on any atom is -0.368 e. The SMILES string of the molecule is CCNC(=NCCNc1ncccc1C(F)(F)F)N1CCC(C)C(n2ccnc2)C1. The lowest BCUT2D eigenvalue weighted by Crippen LogP contribution is -2.49. The molecule has 164 valence electrons. The third-order valence-electron chi connectivity index (χ3n) is 5.24. The van der Waals surface area contributed by atoms with E-state index in [9.17, 15) is 13.2 Å². The van der Waals surface area contributed by atoms with Crippen molar-refractivity contribution < 1.29 is 13.2 Å². The van der Waals surface area contributed by atoms with Crippen molar-refractivity contribution in [3.8, 4) is 0 Å². The molecule has 0 amide bonds. The van der Waals surface area contributed by atoms with Crippen molar-refractivity contribution in [1.82, 2.24) is 24.8 Å². The number of pyridine rings is 1. The van der Waals surface area contributed by atoms with Gasteiger partial charge in [-0.25, -0.2) is 9.97 Å². The molecule has 2 aromatic heterocycles. The minimum atomic E-state index is -4.44. The quantitative estimate of drug-likeness (QED) is 0.424. The molecule has 0 bridgehead atoms. The molecule has 1 aliphatic heterocycles. The summed E-state index contributed by atoms with van der Waals surface area (Å²) in [5.41, 5.74) is -0.769. The first kappa shape index (κ1) is 21.9. The lowest BCUT2D eigenvalue weighted by Gasteiger charge is -2.39. The van der Waals surface area contributed by atoms with E-state index in [0.29, 0.717) is 25.0 Å². The van der Waals surface area contributed by atoms with Crippen LogP contribution >= 0.6 is 0 Å². The van der Waals surface area contributed by atoms with Crippen LogP contribution in [-0.4, -0.2) is 58.1 Å². The highest BCUT2D eigenvalue weighted by Crippen LogP contribution is 2.33. The maximum absolute atomic E-state index is 13.1. The molecule has 10 heteroatoms. The second-order valence-corrected chi connectivity index (χ2v) is 7.35. The predicted octanol–water partition coefficient (Wildman–Crippen LogP) is 3.26. The van der Waals surface area contributed by atoms with Crippen LogP contribution in [0.4, 0.5) is 19.0 Å². The lowest BCUT2D eigenvalue weighted by molar-refractivity contribution is -0.137. The van der Waals surface area contributed by atoms with Crippen molar-refractivity contribution in [3.05, 3.63) is 42.6 Å². The van der Waals surface area contributed by atoms with Crippen molar-refractivity contribution in [2.45, 2.75) is 32.5 Å². The van der Waals surface area contributed by atoms with Gasteiger partial charge in [0.15, 0.2) is 5.96 Å². The number of aromatic nitrogens is 3. The Hall–Kier alpha value is -2.78. The highest BCUT2D eigenvalue weighted by atomic mass is 19.4. The Morgan fingerprint density at radius 1 is 1.33 bits per heavy atom.